The van der Waals surface area contributed by atoms with E-state index in [1.54, 1.807) is 16.7 Å². The summed E-state index contributed by atoms with van der Waals surface area (Å²) in [6, 6.07) is 13.1. The average Bonchev–Trinajstić information content (AvgIpc) is 2.73. The van der Waals surface area contributed by atoms with Crippen LogP contribution in [-0.2, 0) is 0 Å². The van der Waals surface area contributed by atoms with E-state index in [9.17, 15) is 14.0 Å². The van der Waals surface area contributed by atoms with Crippen molar-refractivity contribution in [3.8, 4) is 0 Å². The van der Waals surface area contributed by atoms with Crippen LogP contribution in [0.15, 0.2) is 58.5 Å². The average molecular weight is 396 g/mol. The Morgan fingerprint density at radius 1 is 1.11 bits per heavy atom. The van der Waals surface area contributed by atoms with Crippen LogP contribution < -0.4 is 5.56 Å². The van der Waals surface area contributed by atoms with E-state index in [2.05, 4.69) is 0 Å². The molecule has 1 aliphatic carbocycles. The summed E-state index contributed by atoms with van der Waals surface area (Å²) in [7, 11) is 0. The number of hydrogen-bond acceptors (Lipinski definition) is 4. The molecule has 3 aromatic rings. The van der Waals surface area contributed by atoms with Gasteiger partial charge >= 0.3 is 0 Å². The van der Waals surface area contributed by atoms with E-state index in [4.69, 9.17) is 4.98 Å². The monoisotopic (exact) mass is 396 g/mol. The van der Waals surface area contributed by atoms with E-state index in [1.165, 1.54) is 36.4 Å². The number of halogens is 1. The number of Topliss-reactive ketones (excluding diaryl/α,β-unsaturated/α-hetero) is 1. The van der Waals surface area contributed by atoms with Crippen LogP contribution in [0.2, 0.25) is 0 Å². The van der Waals surface area contributed by atoms with Gasteiger partial charge in [0, 0.05) is 11.6 Å². The molecule has 1 aromatic heterocycles. The van der Waals surface area contributed by atoms with E-state index in [0.717, 1.165) is 25.7 Å². The van der Waals surface area contributed by atoms with Crippen molar-refractivity contribution in [1.29, 1.82) is 0 Å². The minimum Gasteiger partial charge on any atom is -0.293 e. The van der Waals surface area contributed by atoms with Gasteiger partial charge in [0.15, 0.2) is 10.9 Å². The number of ketones is 1. The molecule has 1 fully saturated rings. The van der Waals surface area contributed by atoms with Gasteiger partial charge in [0.2, 0.25) is 0 Å². The quantitative estimate of drug-likeness (QED) is 0.345. The third-order valence-corrected chi connectivity index (χ3v) is 6.15. The second-order valence-electron chi connectivity index (χ2n) is 7.10. The maximum atomic E-state index is 13.4. The second kappa shape index (κ2) is 8.27. The zero-order valence-electron chi connectivity index (χ0n) is 15.4. The van der Waals surface area contributed by atoms with Gasteiger partial charge in [-0.2, -0.15) is 0 Å². The van der Waals surface area contributed by atoms with Crippen LogP contribution >= 0.6 is 11.8 Å². The molecule has 1 heterocycles. The first kappa shape index (κ1) is 18.9. The minimum atomic E-state index is -0.432. The summed E-state index contributed by atoms with van der Waals surface area (Å²) in [5, 5.41) is 1.18. The van der Waals surface area contributed by atoms with Crippen molar-refractivity contribution < 1.29 is 9.18 Å². The maximum Gasteiger partial charge on any atom is 0.262 e. The molecule has 0 unspecified atom stereocenters. The van der Waals surface area contributed by atoms with Gasteiger partial charge in [0.25, 0.3) is 5.56 Å². The third kappa shape index (κ3) is 3.87. The Balaban J connectivity index is 1.68. The fraction of sp³-hybridized carbons (Fsp3) is 0.318. The summed E-state index contributed by atoms with van der Waals surface area (Å²) in [6.45, 7) is 0. The largest absolute Gasteiger partial charge is 0.293 e. The van der Waals surface area contributed by atoms with Gasteiger partial charge in [0.1, 0.15) is 5.82 Å². The SMILES string of the molecule is O=C(CSc1nc2ccccc2c(=O)n1C1CCCCC1)c1cccc(F)c1. The van der Waals surface area contributed by atoms with Crippen LogP contribution in [0.4, 0.5) is 4.39 Å². The van der Waals surface area contributed by atoms with Gasteiger partial charge in [-0.25, -0.2) is 9.37 Å². The van der Waals surface area contributed by atoms with Crippen molar-refractivity contribution >= 4 is 28.4 Å². The molecule has 1 saturated carbocycles. The Labute approximate surface area is 166 Å². The van der Waals surface area contributed by atoms with Crippen molar-refractivity contribution in [3.05, 3.63) is 70.3 Å². The van der Waals surface area contributed by atoms with Gasteiger partial charge in [-0.3, -0.25) is 14.2 Å². The smallest absolute Gasteiger partial charge is 0.262 e. The molecule has 0 amide bonds. The fourth-order valence-electron chi connectivity index (χ4n) is 3.76. The zero-order valence-corrected chi connectivity index (χ0v) is 16.3. The lowest BCUT2D eigenvalue weighted by atomic mass is 9.95. The summed E-state index contributed by atoms with van der Waals surface area (Å²) in [6.07, 6.45) is 5.27. The van der Waals surface area contributed by atoms with Crippen LogP contribution in [0.5, 0.6) is 0 Å². The summed E-state index contributed by atoms with van der Waals surface area (Å²) in [5.41, 5.74) is 0.929. The number of thioether (sulfide) groups is 1. The first-order valence-electron chi connectivity index (χ1n) is 9.56. The number of para-hydroxylation sites is 1. The molecule has 6 heteroatoms. The lowest BCUT2D eigenvalue weighted by Crippen LogP contribution is -2.29. The zero-order chi connectivity index (χ0) is 19.5. The molecular formula is C22H21FN2O2S. The highest BCUT2D eigenvalue weighted by atomic mass is 32.2. The van der Waals surface area contributed by atoms with E-state index in [1.807, 2.05) is 18.2 Å². The van der Waals surface area contributed by atoms with Crippen LogP contribution in [0.25, 0.3) is 10.9 Å². The first-order valence-corrected chi connectivity index (χ1v) is 10.5. The maximum absolute atomic E-state index is 13.4. The van der Waals surface area contributed by atoms with Crippen molar-refractivity contribution in [2.75, 3.05) is 5.75 Å². The Morgan fingerprint density at radius 3 is 2.68 bits per heavy atom. The van der Waals surface area contributed by atoms with Gasteiger partial charge in [-0.05, 0) is 37.1 Å². The number of benzene rings is 2. The summed E-state index contributed by atoms with van der Waals surface area (Å²) >= 11 is 1.26. The molecule has 0 N–H and O–H groups in total. The molecule has 0 aliphatic heterocycles. The molecule has 0 atom stereocenters. The number of aromatic nitrogens is 2. The predicted octanol–water partition coefficient (Wildman–Crippen LogP) is 5.02. The minimum absolute atomic E-state index is 0.0433. The predicted molar refractivity (Wildman–Crippen MR) is 110 cm³/mol. The first-order chi connectivity index (χ1) is 13.6. The van der Waals surface area contributed by atoms with Gasteiger partial charge in [-0.15, -0.1) is 0 Å². The molecule has 4 nitrogen and oxygen atoms in total. The van der Waals surface area contributed by atoms with Gasteiger partial charge in [0.05, 0.1) is 16.7 Å². The molecule has 1 aliphatic rings. The number of fused-ring (bicyclic) bond motifs is 1. The highest BCUT2D eigenvalue weighted by molar-refractivity contribution is 7.99. The van der Waals surface area contributed by atoms with Crippen molar-refractivity contribution in [1.82, 2.24) is 9.55 Å². The van der Waals surface area contributed by atoms with Crippen molar-refractivity contribution in [2.24, 2.45) is 0 Å². The Kier molecular flexibility index (Phi) is 5.57. The normalized spacial score (nSPS) is 15.0. The summed E-state index contributed by atoms with van der Waals surface area (Å²) < 4.78 is 15.2. The molecule has 0 radical (unpaired) electrons. The standard InChI is InChI=1S/C22H21FN2O2S/c23-16-8-6-7-15(13-16)20(26)14-28-22-24-19-12-5-4-11-18(19)21(27)25(22)17-9-2-1-3-10-17/h4-8,11-13,17H,1-3,9-10,14H2. The van der Waals surface area contributed by atoms with Crippen LogP contribution in [0, 0.1) is 5.82 Å². The molecule has 0 spiro atoms. The molecule has 144 valence electrons. The van der Waals surface area contributed by atoms with Gasteiger partial charge < -0.3 is 0 Å². The molecule has 4 rings (SSSR count). The molecule has 28 heavy (non-hydrogen) atoms. The number of hydrogen-bond donors (Lipinski definition) is 0. The van der Waals surface area contributed by atoms with Crippen LogP contribution in [-0.4, -0.2) is 21.1 Å². The topological polar surface area (TPSA) is 52.0 Å². The number of nitrogens with zero attached hydrogens (tertiary/aromatic N) is 2. The molecule has 0 saturated heterocycles. The summed E-state index contributed by atoms with van der Waals surface area (Å²) in [5.74, 6) is -0.498. The van der Waals surface area contributed by atoms with Gasteiger partial charge in [-0.1, -0.05) is 55.3 Å². The Morgan fingerprint density at radius 2 is 1.89 bits per heavy atom. The molecule has 0 bridgehead atoms. The van der Waals surface area contributed by atoms with E-state index in [0.29, 0.717) is 21.6 Å². The third-order valence-electron chi connectivity index (χ3n) is 5.19. The highest BCUT2D eigenvalue weighted by Crippen LogP contribution is 2.31. The highest BCUT2D eigenvalue weighted by Gasteiger charge is 2.22. The van der Waals surface area contributed by atoms with Crippen molar-refractivity contribution in [2.45, 2.75) is 43.3 Å². The Hall–Kier alpha value is -2.47. The lowest BCUT2D eigenvalue weighted by molar-refractivity contribution is 0.102. The second-order valence-corrected chi connectivity index (χ2v) is 8.04. The van der Waals surface area contributed by atoms with Crippen molar-refractivity contribution in [3.63, 3.8) is 0 Å². The molecular weight excluding hydrogens is 375 g/mol. The Bertz CT molecular complexity index is 1070. The van der Waals surface area contributed by atoms with E-state index < -0.39 is 5.82 Å². The van der Waals surface area contributed by atoms with E-state index in [-0.39, 0.29) is 23.1 Å². The fourth-order valence-corrected chi connectivity index (χ4v) is 4.72. The molecule has 2 aromatic carbocycles. The number of carbonyl (C=O) groups excluding carboxylic acids is 1. The number of rotatable bonds is 5. The lowest BCUT2D eigenvalue weighted by Gasteiger charge is -2.26. The summed E-state index contributed by atoms with van der Waals surface area (Å²) in [4.78, 5) is 30.4. The van der Waals surface area contributed by atoms with Crippen LogP contribution in [0.3, 0.4) is 0 Å². The van der Waals surface area contributed by atoms with E-state index >= 15 is 0 Å². The van der Waals surface area contributed by atoms with Crippen LogP contribution in [0.1, 0.15) is 48.5 Å². The number of carbonyl (C=O) groups is 1.